The molecule has 2 aromatic rings. The van der Waals surface area contributed by atoms with Crippen LogP contribution in [0, 0.1) is 0 Å². The van der Waals surface area contributed by atoms with Crippen molar-refractivity contribution in [1.82, 2.24) is 0 Å². The third-order valence-corrected chi connectivity index (χ3v) is 2.92. The summed E-state index contributed by atoms with van der Waals surface area (Å²) in [5, 5.41) is 13.8. The standard InChI is InChI=1S/C14H10N2O4/c17-13-8-11(14(18)19)15-16(13)10-4-1-3-9(7-10)12-5-2-6-20-12/h1-7H,8H2,(H,18,19). The first-order valence-electron chi connectivity index (χ1n) is 5.93. The van der Waals surface area contributed by atoms with Gasteiger partial charge in [-0.3, -0.25) is 4.79 Å². The van der Waals surface area contributed by atoms with Crippen LogP contribution in [0.25, 0.3) is 11.3 Å². The molecule has 1 aliphatic rings. The number of amides is 1. The van der Waals surface area contributed by atoms with Gasteiger partial charge in [0.25, 0.3) is 5.91 Å². The van der Waals surface area contributed by atoms with Crippen LogP contribution in [0.3, 0.4) is 0 Å². The molecule has 0 bridgehead atoms. The molecule has 0 saturated heterocycles. The van der Waals surface area contributed by atoms with Gasteiger partial charge in [-0.2, -0.15) is 10.1 Å². The average molecular weight is 270 g/mol. The molecule has 1 aliphatic heterocycles. The number of hydrazone groups is 1. The second kappa shape index (κ2) is 4.65. The van der Waals surface area contributed by atoms with Crippen molar-refractivity contribution < 1.29 is 19.1 Å². The number of aliphatic carboxylic acids is 1. The molecule has 1 N–H and O–H groups in total. The highest BCUT2D eigenvalue weighted by atomic mass is 16.4. The van der Waals surface area contributed by atoms with E-state index in [-0.39, 0.29) is 18.0 Å². The number of nitrogens with zero attached hydrogens (tertiary/aromatic N) is 2. The minimum Gasteiger partial charge on any atom is -0.477 e. The fourth-order valence-corrected chi connectivity index (χ4v) is 1.98. The van der Waals surface area contributed by atoms with Gasteiger partial charge in [0.2, 0.25) is 0 Å². The zero-order valence-electron chi connectivity index (χ0n) is 10.3. The van der Waals surface area contributed by atoms with E-state index in [1.54, 1.807) is 36.6 Å². The van der Waals surface area contributed by atoms with E-state index in [2.05, 4.69) is 5.10 Å². The molecule has 3 rings (SSSR count). The number of furan rings is 1. The molecule has 0 unspecified atom stereocenters. The Morgan fingerprint density at radius 3 is 2.80 bits per heavy atom. The molecule has 20 heavy (non-hydrogen) atoms. The molecule has 0 saturated carbocycles. The highest BCUT2D eigenvalue weighted by Gasteiger charge is 2.29. The minimum atomic E-state index is -1.18. The van der Waals surface area contributed by atoms with Crippen LogP contribution in [0.4, 0.5) is 5.69 Å². The minimum absolute atomic E-state index is 0.154. The Hall–Kier alpha value is -2.89. The number of hydrogen-bond acceptors (Lipinski definition) is 4. The molecule has 0 radical (unpaired) electrons. The van der Waals surface area contributed by atoms with Crippen LogP contribution in [-0.2, 0) is 9.59 Å². The van der Waals surface area contributed by atoms with E-state index in [9.17, 15) is 9.59 Å². The SMILES string of the molecule is O=C(O)C1=NN(c2cccc(-c3ccco3)c2)C(=O)C1. The lowest BCUT2D eigenvalue weighted by molar-refractivity contribution is -0.129. The highest BCUT2D eigenvalue weighted by Crippen LogP contribution is 2.27. The third kappa shape index (κ3) is 2.07. The Bertz CT molecular complexity index is 704. The number of benzene rings is 1. The van der Waals surface area contributed by atoms with Crippen molar-refractivity contribution in [2.24, 2.45) is 5.10 Å². The molecule has 1 aromatic carbocycles. The van der Waals surface area contributed by atoms with E-state index in [1.165, 1.54) is 0 Å². The first-order valence-corrected chi connectivity index (χ1v) is 5.93. The zero-order chi connectivity index (χ0) is 14.1. The molecule has 0 fully saturated rings. The first kappa shape index (κ1) is 12.2. The summed E-state index contributed by atoms with van der Waals surface area (Å²) < 4.78 is 5.29. The number of carbonyl (C=O) groups excluding carboxylic acids is 1. The van der Waals surface area contributed by atoms with E-state index in [0.29, 0.717) is 11.4 Å². The van der Waals surface area contributed by atoms with Crippen LogP contribution < -0.4 is 5.01 Å². The lowest BCUT2D eigenvalue weighted by Crippen LogP contribution is -2.19. The molecule has 100 valence electrons. The van der Waals surface area contributed by atoms with Crippen molar-refractivity contribution in [3.8, 4) is 11.3 Å². The number of carboxylic acids is 1. The largest absolute Gasteiger partial charge is 0.477 e. The predicted octanol–water partition coefficient (Wildman–Crippen LogP) is 2.12. The summed E-state index contributed by atoms with van der Waals surface area (Å²) in [5.74, 6) is -0.872. The van der Waals surface area contributed by atoms with Crippen molar-refractivity contribution in [3.63, 3.8) is 0 Å². The fourth-order valence-electron chi connectivity index (χ4n) is 1.98. The lowest BCUT2D eigenvalue weighted by atomic mass is 10.1. The van der Waals surface area contributed by atoms with Gasteiger partial charge in [0.15, 0.2) is 5.71 Å². The highest BCUT2D eigenvalue weighted by molar-refractivity contribution is 6.42. The summed E-state index contributed by atoms with van der Waals surface area (Å²) in [7, 11) is 0. The van der Waals surface area contributed by atoms with Crippen molar-refractivity contribution in [2.45, 2.75) is 6.42 Å². The topological polar surface area (TPSA) is 83.1 Å². The van der Waals surface area contributed by atoms with Gasteiger partial charge in [-0.05, 0) is 24.3 Å². The summed E-state index contributed by atoms with van der Waals surface area (Å²) in [6.45, 7) is 0. The summed E-state index contributed by atoms with van der Waals surface area (Å²) in [4.78, 5) is 22.7. The maximum atomic E-state index is 11.8. The number of hydrogen-bond donors (Lipinski definition) is 1. The van der Waals surface area contributed by atoms with E-state index in [1.807, 2.05) is 6.07 Å². The zero-order valence-corrected chi connectivity index (χ0v) is 10.3. The Labute approximate surface area is 113 Å². The van der Waals surface area contributed by atoms with Gasteiger partial charge in [-0.15, -0.1) is 0 Å². The molecule has 0 aliphatic carbocycles. The Morgan fingerprint density at radius 2 is 2.15 bits per heavy atom. The maximum absolute atomic E-state index is 11.8. The van der Waals surface area contributed by atoms with Crippen LogP contribution >= 0.6 is 0 Å². The molecule has 1 aromatic heterocycles. The average Bonchev–Trinajstić information content (AvgIpc) is 3.08. The molecule has 6 nitrogen and oxygen atoms in total. The van der Waals surface area contributed by atoms with Crippen molar-refractivity contribution >= 4 is 23.3 Å². The van der Waals surface area contributed by atoms with Gasteiger partial charge in [0.05, 0.1) is 18.4 Å². The van der Waals surface area contributed by atoms with E-state index < -0.39 is 5.97 Å². The number of carbonyl (C=O) groups is 2. The molecular formula is C14H10N2O4. The van der Waals surface area contributed by atoms with Crippen LogP contribution in [0.15, 0.2) is 52.2 Å². The van der Waals surface area contributed by atoms with Crippen LogP contribution in [0.5, 0.6) is 0 Å². The van der Waals surface area contributed by atoms with Crippen molar-refractivity contribution in [3.05, 3.63) is 42.7 Å². The van der Waals surface area contributed by atoms with Gasteiger partial charge >= 0.3 is 5.97 Å². The summed E-state index contributed by atoms with van der Waals surface area (Å²) in [5.41, 5.74) is 1.15. The molecular weight excluding hydrogens is 260 g/mol. The third-order valence-electron chi connectivity index (χ3n) is 2.92. The molecule has 6 heteroatoms. The van der Waals surface area contributed by atoms with E-state index in [4.69, 9.17) is 9.52 Å². The van der Waals surface area contributed by atoms with Gasteiger partial charge in [-0.25, -0.2) is 4.79 Å². The van der Waals surface area contributed by atoms with Gasteiger partial charge < -0.3 is 9.52 Å². The second-order valence-corrected chi connectivity index (χ2v) is 4.26. The molecule has 1 amide bonds. The van der Waals surface area contributed by atoms with Crippen LogP contribution in [-0.4, -0.2) is 22.7 Å². The summed E-state index contributed by atoms with van der Waals surface area (Å²) >= 11 is 0. The Morgan fingerprint density at radius 1 is 1.30 bits per heavy atom. The Balaban J connectivity index is 1.97. The summed E-state index contributed by atoms with van der Waals surface area (Å²) in [6, 6.07) is 10.6. The number of rotatable bonds is 3. The normalized spacial score (nSPS) is 14.5. The number of carboxylic acid groups (broad SMARTS) is 1. The second-order valence-electron chi connectivity index (χ2n) is 4.26. The molecule has 0 atom stereocenters. The smallest absolute Gasteiger partial charge is 0.352 e. The van der Waals surface area contributed by atoms with Crippen LogP contribution in [0.1, 0.15) is 6.42 Å². The van der Waals surface area contributed by atoms with E-state index >= 15 is 0 Å². The Kier molecular flexibility index (Phi) is 2.83. The van der Waals surface area contributed by atoms with Gasteiger partial charge in [0, 0.05) is 5.56 Å². The maximum Gasteiger partial charge on any atom is 0.352 e. The monoisotopic (exact) mass is 270 g/mol. The summed E-state index contributed by atoms with van der Waals surface area (Å²) in [6.07, 6.45) is 1.37. The van der Waals surface area contributed by atoms with Crippen LogP contribution in [0.2, 0.25) is 0 Å². The molecule has 2 heterocycles. The number of anilines is 1. The van der Waals surface area contributed by atoms with Gasteiger partial charge in [-0.1, -0.05) is 12.1 Å². The van der Waals surface area contributed by atoms with Crippen molar-refractivity contribution in [2.75, 3.05) is 5.01 Å². The lowest BCUT2D eigenvalue weighted by Gasteiger charge is -2.12. The van der Waals surface area contributed by atoms with Crippen molar-refractivity contribution in [1.29, 1.82) is 0 Å². The predicted molar refractivity (Wildman–Crippen MR) is 71.3 cm³/mol. The van der Waals surface area contributed by atoms with E-state index in [0.717, 1.165) is 10.6 Å². The quantitative estimate of drug-likeness (QED) is 0.926. The van der Waals surface area contributed by atoms with Gasteiger partial charge in [0.1, 0.15) is 5.76 Å². The fraction of sp³-hybridized carbons (Fsp3) is 0.0714. The molecule has 0 spiro atoms. The first-order chi connectivity index (χ1) is 9.65.